The third-order valence-electron chi connectivity index (χ3n) is 3.54. The van der Waals surface area contributed by atoms with Crippen LogP contribution in [0.5, 0.6) is 0 Å². The largest absolute Gasteiger partial charge is 0.478 e. The lowest BCUT2D eigenvalue weighted by Gasteiger charge is -2.30. The molecule has 0 aliphatic heterocycles. The van der Waals surface area contributed by atoms with Crippen molar-refractivity contribution >= 4 is 11.7 Å². The average Bonchev–Trinajstić information content (AvgIpc) is 2.41. The van der Waals surface area contributed by atoms with E-state index in [2.05, 4.69) is 10.3 Å². The Hall–Kier alpha value is -1.62. The molecule has 5 heteroatoms. The second kappa shape index (κ2) is 6.35. The quantitative estimate of drug-likeness (QED) is 0.691. The van der Waals surface area contributed by atoms with Gasteiger partial charge in [-0.1, -0.05) is 13.8 Å². The number of aliphatic hydroxyl groups is 1. The Morgan fingerprint density at radius 2 is 2.11 bits per heavy atom. The van der Waals surface area contributed by atoms with Crippen LogP contribution in [0.1, 0.15) is 37.0 Å². The summed E-state index contributed by atoms with van der Waals surface area (Å²) >= 11 is 0. The zero-order valence-corrected chi connectivity index (χ0v) is 10.8. The van der Waals surface area contributed by atoms with Gasteiger partial charge in [-0.2, -0.15) is 0 Å². The van der Waals surface area contributed by atoms with E-state index in [9.17, 15) is 9.90 Å². The van der Waals surface area contributed by atoms with E-state index in [1.54, 1.807) is 12.3 Å². The Morgan fingerprint density at radius 1 is 1.44 bits per heavy atom. The SMILES string of the molecule is CCC(CC)(CO)CNc1ccncc1C(=O)O. The topological polar surface area (TPSA) is 82.5 Å². The molecule has 0 aliphatic rings. The number of aromatic nitrogens is 1. The molecule has 1 heterocycles. The van der Waals surface area contributed by atoms with Crippen LogP contribution < -0.4 is 5.32 Å². The number of hydrogen-bond donors (Lipinski definition) is 3. The molecule has 0 aliphatic carbocycles. The molecule has 100 valence electrons. The van der Waals surface area contributed by atoms with Gasteiger partial charge in [0.2, 0.25) is 0 Å². The molecule has 0 amide bonds. The summed E-state index contributed by atoms with van der Waals surface area (Å²) in [5.41, 5.74) is 0.479. The van der Waals surface area contributed by atoms with E-state index in [1.165, 1.54) is 6.20 Å². The van der Waals surface area contributed by atoms with E-state index in [0.717, 1.165) is 12.8 Å². The molecule has 0 saturated carbocycles. The van der Waals surface area contributed by atoms with E-state index >= 15 is 0 Å². The van der Waals surface area contributed by atoms with E-state index in [-0.39, 0.29) is 17.6 Å². The van der Waals surface area contributed by atoms with E-state index in [1.807, 2.05) is 13.8 Å². The van der Waals surface area contributed by atoms with Gasteiger partial charge in [0.05, 0.1) is 12.3 Å². The predicted octanol–water partition coefficient (Wildman–Crippen LogP) is 1.99. The first-order valence-electron chi connectivity index (χ1n) is 6.10. The molecule has 1 aromatic rings. The van der Waals surface area contributed by atoms with Gasteiger partial charge < -0.3 is 15.5 Å². The molecule has 18 heavy (non-hydrogen) atoms. The second-order valence-corrected chi connectivity index (χ2v) is 4.45. The Kier molecular flexibility index (Phi) is 5.09. The van der Waals surface area contributed by atoms with Gasteiger partial charge in [-0.3, -0.25) is 4.98 Å². The lowest BCUT2D eigenvalue weighted by atomic mass is 9.83. The number of pyridine rings is 1. The normalized spacial score (nSPS) is 11.3. The van der Waals surface area contributed by atoms with Gasteiger partial charge >= 0.3 is 5.97 Å². The van der Waals surface area contributed by atoms with Crippen LogP contribution in [-0.4, -0.2) is 34.3 Å². The highest BCUT2D eigenvalue weighted by Gasteiger charge is 2.25. The van der Waals surface area contributed by atoms with Crippen LogP contribution in [0.4, 0.5) is 5.69 Å². The summed E-state index contributed by atoms with van der Waals surface area (Å²) < 4.78 is 0. The third kappa shape index (κ3) is 3.20. The minimum Gasteiger partial charge on any atom is -0.478 e. The van der Waals surface area contributed by atoms with E-state index in [0.29, 0.717) is 12.2 Å². The fourth-order valence-electron chi connectivity index (χ4n) is 1.78. The van der Waals surface area contributed by atoms with Crippen LogP contribution in [0.15, 0.2) is 18.5 Å². The first-order valence-corrected chi connectivity index (χ1v) is 6.10. The Morgan fingerprint density at radius 3 is 2.61 bits per heavy atom. The lowest BCUT2D eigenvalue weighted by molar-refractivity contribution is 0.0697. The van der Waals surface area contributed by atoms with Gasteiger partial charge in [-0.25, -0.2) is 4.79 Å². The molecule has 1 aromatic heterocycles. The Balaban J connectivity index is 2.83. The molecular formula is C13H20N2O3. The summed E-state index contributed by atoms with van der Waals surface area (Å²) in [5.74, 6) is -1.01. The maximum atomic E-state index is 11.0. The van der Waals surface area contributed by atoms with Gasteiger partial charge in [-0.15, -0.1) is 0 Å². The minimum absolute atomic E-state index is 0.0838. The number of hydrogen-bond acceptors (Lipinski definition) is 4. The minimum atomic E-state index is -1.01. The molecule has 0 spiro atoms. The summed E-state index contributed by atoms with van der Waals surface area (Å²) in [5, 5.41) is 21.6. The summed E-state index contributed by atoms with van der Waals surface area (Å²) in [6, 6.07) is 1.64. The monoisotopic (exact) mass is 252 g/mol. The zero-order valence-electron chi connectivity index (χ0n) is 10.8. The third-order valence-corrected chi connectivity index (χ3v) is 3.54. The number of anilines is 1. The van der Waals surface area contributed by atoms with Crippen molar-refractivity contribution in [3.05, 3.63) is 24.0 Å². The molecule has 0 atom stereocenters. The first kappa shape index (κ1) is 14.4. The van der Waals surface area contributed by atoms with Crippen molar-refractivity contribution < 1.29 is 15.0 Å². The molecule has 5 nitrogen and oxygen atoms in total. The number of nitrogens with one attached hydrogen (secondary N) is 1. The van der Waals surface area contributed by atoms with Crippen LogP contribution in [0.25, 0.3) is 0 Å². The van der Waals surface area contributed by atoms with Crippen LogP contribution in [0, 0.1) is 5.41 Å². The molecule has 3 N–H and O–H groups in total. The number of nitrogens with zero attached hydrogens (tertiary/aromatic N) is 1. The highest BCUT2D eigenvalue weighted by atomic mass is 16.4. The Labute approximate surface area is 107 Å². The molecule has 0 bridgehead atoms. The fraction of sp³-hybridized carbons (Fsp3) is 0.538. The van der Waals surface area contributed by atoms with Gasteiger partial charge in [0, 0.05) is 24.4 Å². The molecule has 0 aromatic carbocycles. The van der Waals surface area contributed by atoms with Gasteiger partial charge in [0.25, 0.3) is 0 Å². The van der Waals surface area contributed by atoms with Crippen molar-refractivity contribution in [2.75, 3.05) is 18.5 Å². The van der Waals surface area contributed by atoms with Gasteiger partial charge in [0.15, 0.2) is 0 Å². The zero-order chi connectivity index (χ0) is 13.6. The standard InChI is InChI=1S/C13H20N2O3/c1-3-13(4-2,9-16)8-15-11-5-6-14-7-10(11)12(17)18/h5-7,16H,3-4,8-9H2,1-2H3,(H,14,15)(H,17,18). The van der Waals surface area contributed by atoms with E-state index in [4.69, 9.17) is 5.11 Å². The predicted molar refractivity (Wildman–Crippen MR) is 69.8 cm³/mol. The highest BCUT2D eigenvalue weighted by Crippen LogP contribution is 2.26. The number of carbonyl (C=O) groups is 1. The summed E-state index contributed by atoms with van der Waals surface area (Å²) in [4.78, 5) is 14.8. The van der Waals surface area contributed by atoms with E-state index < -0.39 is 5.97 Å². The average molecular weight is 252 g/mol. The number of carboxylic acid groups (broad SMARTS) is 1. The van der Waals surface area contributed by atoms with Crippen molar-refractivity contribution in [2.45, 2.75) is 26.7 Å². The van der Waals surface area contributed by atoms with Crippen molar-refractivity contribution in [3.63, 3.8) is 0 Å². The fourth-order valence-corrected chi connectivity index (χ4v) is 1.78. The Bertz CT molecular complexity index is 395. The number of aromatic carboxylic acids is 1. The van der Waals surface area contributed by atoms with Crippen LogP contribution >= 0.6 is 0 Å². The smallest absolute Gasteiger partial charge is 0.339 e. The highest BCUT2D eigenvalue weighted by molar-refractivity contribution is 5.93. The van der Waals surface area contributed by atoms with Crippen LogP contribution in [0.3, 0.4) is 0 Å². The van der Waals surface area contributed by atoms with Crippen molar-refractivity contribution in [1.29, 1.82) is 0 Å². The second-order valence-electron chi connectivity index (χ2n) is 4.45. The molecular weight excluding hydrogens is 232 g/mol. The first-order chi connectivity index (χ1) is 8.58. The maximum Gasteiger partial charge on any atom is 0.339 e. The molecule has 0 fully saturated rings. The summed E-state index contributed by atoms with van der Waals surface area (Å²) in [6.07, 6.45) is 4.54. The molecule has 0 unspecified atom stereocenters. The van der Waals surface area contributed by atoms with Crippen molar-refractivity contribution in [3.8, 4) is 0 Å². The van der Waals surface area contributed by atoms with Crippen LogP contribution in [-0.2, 0) is 0 Å². The summed E-state index contributed by atoms with van der Waals surface area (Å²) in [6.45, 7) is 4.67. The lowest BCUT2D eigenvalue weighted by Crippen LogP contribution is -2.32. The molecule has 0 saturated heterocycles. The van der Waals surface area contributed by atoms with Crippen molar-refractivity contribution in [1.82, 2.24) is 4.98 Å². The number of aliphatic hydroxyl groups excluding tert-OH is 1. The van der Waals surface area contributed by atoms with Gasteiger partial charge in [0.1, 0.15) is 5.56 Å². The molecule has 1 rings (SSSR count). The number of carboxylic acids is 1. The maximum absolute atomic E-state index is 11.0. The van der Waals surface area contributed by atoms with Crippen molar-refractivity contribution in [2.24, 2.45) is 5.41 Å². The summed E-state index contributed by atoms with van der Waals surface area (Å²) in [7, 11) is 0. The molecule has 0 radical (unpaired) electrons. The number of rotatable bonds is 7. The van der Waals surface area contributed by atoms with Gasteiger partial charge in [-0.05, 0) is 18.9 Å². The van der Waals surface area contributed by atoms with Crippen LogP contribution in [0.2, 0.25) is 0 Å².